The lowest BCUT2D eigenvalue weighted by molar-refractivity contribution is 0.217. The van der Waals surface area contributed by atoms with Gasteiger partial charge in [-0.3, -0.25) is 0 Å². The Hall–Kier alpha value is -0.0900. The Morgan fingerprint density at radius 1 is 1.00 bits per heavy atom. The van der Waals surface area contributed by atoms with Gasteiger partial charge in [0.1, 0.15) is 0 Å². The van der Waals surface area contributed by atoms with Crippen LogP contribution in [0.5, 0.6) is 0 Å². The van der Waals surface area contributed by atoms with Crippen molar-refractivity contribution in [3.8, 4) is 0 Å². The minimum Gasteiger partial charge on any atom is -0.310 e. The monoisotopic (exact) mass is 245 g/mol. The second kappa shape index (κ2) is 4.65. The highest BCUT2D eigenvalue weighted by Crippen LogP contribution is 2.30. The molecule has 4 unspecified atom stereocenters. The third-order valence-corrected chi connectivity index (χ3v) is 6.07. The summed E-state index contributed by atoms with van der Waals surface area (Å²) in [6.07, 6.45) is 4.50. The Morgan fingerprint density at radius 2 is 1.75 bits per heavy atom. The zero-order chi connectivity index (χ0) is 11.8. The number of rotatable bonds is 2. The molecular formula is C12H23NO2S. The lowest BCUT2D eigenvalue weighted by Crippen LogP contribution is -2.42. The van der Waals surface area contributed by atoms with Gasteiger partial charge in [0.15, 0.2) is 9.84 Å². The average molecular weight is 245 g/mol. The maximum Gasteiger partial charge on any atom is 0.151 e. The van der Waals surface area contributed by atoms with Crippen molar-refractivity contribution in [1.82, 2.24) is 5.32 Å². The molecule has 3 nitrogen and oxygen atoms in total. The largest absolute Gasteiger partial charge is 0.310 e. The minimum absolute atomic E-state index is 0.218. The summed E-state index contributed by atoms with van der Waals surface area (Å²) in [5.41, 5.74) is 0. The van der Waals surface area contributed by atoms with Crippen LogP contribution in [-0.4, -0.2) is 32.0 Å². The molecule has 1 saturated carbocycles. The predicted molar refractivity (Wildman–Crippen MR) is 66.2 cm³/mol. The Kier molecular flexibility index (Phi) is 3.59. The molecule has 1 saturated heterocycles. The van der Waals surface area contributed by atoms with Crippen LogP contribution in [0.4, 0.5) is 0 Å². The van der Waals surface area contributed by atoms with E-state index < -0.39 is 9.84 Å². The molecule has 2 rings (SSSR count). The van der Waals surface area contributed by atoms with Crippen LogP contribution >= 0.6 is 0 Å². The summed E-state index contributed by atoms with van der Waals surface area (Å²) in [5.74, 6) is 2.33. The van der Waals surface area contributed by atoms with Gasteiger partial charge in [-0.1, -0.05) is 13.8 Å². The van der Waals surface area contributed by atoms with E-state index in [9.17, 15) is 8.42 Å². The summed E-state index contributed by atoms with van der Waals surface area (Å²) < 4.78 is 22.7. The Morgan fingerprint density at radius 3 is 2.31 bits per heavy atom. The van der Waals surface area contributed by atoms with Crippen molar-refractivity contribution in [2.45, 2.75) is 51.6 Å². The van der Waals surface area contributed by atoms with Gasteiger partial charge in [0, 0.05) is 12.1 Å². The summed E-state index contributed by atoms with van der Waals surface area (Å²) >= 11 is 0. The first-order valence-corrected chi connectivity index (χ1v) is 8.25. The molecule has 0 spiro atoms. The fourth-order valence-corrected chi connectivity index (χ4v) is 4.64. The van der Waals surface area contributed by atoms with Crippen molar-refractivity contribution < 1.29 is 8.42 Å². The SMILES string of the molecule is CC1CCC(NC2CCS(=O)(=O)C2)CC1C. The molecule has 16 heavy (non-hydrogen) atoms. The van der Waals surface area contributed by atoms with Crippen LogP contribution < -0.4 is 5.32 Å². The van der Waals surface area contributed by atoms with Gasteiger partial charge in [-0.2, -0.15) is 0 Å². The van der Waals surface area contributed by atoms with E-state index in [-0.39, 0.29) is 6.04 Å². The first-order chi connectivity index (χ1) is 7.46. The topological polar surface area (TPSA) is 46.2 Å². The Balaban J connectivity index is 1.83. The highest BCUT2D eigenvalue weighted by atomic mass is 32.2. The van der Waals surface area contributed by atoms with Gasteiger partial charge in [0.2, 0.25) is 0 Å². The fourth-order valence-electron chi connectivity index (χ4n) is 2.96. The van der Waals surface area contributed by atoms with Crippen molar-refractivity contribution >= 4 is 9.84 Å². The smallest absolute Gasteiger partial charge is 0.151 e. The number of hydrogen-bond donors (Lipinski definition) is 1. The maximum absolute atomic E-state index is 11.4. The summed E-state index contributed by atoms with van der Waals surface area (Å²) in [4.78, 5) is 0. The van der Waals surface area contributed by atoms with Gasteiger partial charge in [0.25, 0.3) is 0 Å². The molecule has 4 heteroatoms. The zero-order valence-corrected chi connectivity index (χ0v) is 11.1. The van der Waals surface area contributed by atoms with Gasteiger partial charge in [-0.15, -0.1) is 0 Å². The van der Waals surface area contributed by atoms with E-state index in [0.717, 1.165) is 18.3 Å². The van der Waals surface area contributed by atoms with Crippen molar-refractivity contribution in [3.05, 3.63) is 0 Å². The molecule has 1 aliphatic carbocycles. The molecular weight excluding hydrogens is 222 g/mol. The standard InChI is InChI=1S/C12H23NO2S/c1-9-3-4-11(7-10(9)2)13-12-5-6-16(14,15)8-12/h9-13H,3-8H2,1-2H3. The number of sulfone groups is 1. The first-order valence-electron chi connectivity index (χ1n) is 6.43. The predicted octanol–water partition coefficient (Wildman–Crippen LogP) is 1.59. The highest BCUT2D eigenvalue weighted by molar-refractivity contribution is 7.91. The molecule has 0 radical (unpaired) electrons. The van der Waals surface area contributed by atoms with Crippen molar-refractivity contribution in [2.75, 3.05) is 11.5 Å². The molecule has 0 aromatic heterocycles. The molecule has 1 aliphatic heterocycles. The summed E-state index contributed by atoms with van der Waals surface area (Å²) in [5, 5.41) is 3.55. The van der Waals surface area contributed by atoms with E-state index in [2.05, 4.69) is 19.2 Å². The summed E-state index contributed by atoms with van der Waals surface area (Å²) in [7, 11) is -2.73. The minimum atomic E-state index is -2.73. The lowest BCUT2D eigenvalue weighted by Gasteiger charge is -2.34. The van der Waals surface area contributed by atoms with E-state index >= 15 is 0 Å². The maximum atomic E-state index is 11.4. The first kappa shape index (κ1) is 12.4. The molecule has 0 aromatic carbocycles. The van der Waals surface area contributed by atoms with Gasteiger partial charge >= 0.3 is 0 Å². The van der Waals surface area contributed by atoms with Crippen LogP contribution in [0.15, 0.2) is 0 Å². The van der Waals surface area contributed by atoms with Crippen molar-refractivity contribution in [1.29, 1.82) is 0 Å². The van der Waals surface area contributed by atoms with Crippen LogP contribution in [0.3, 0.4) is 0 Å². The van der Waals surface area contributed by atoms with Gasteiger partial charge in [-0.05, 0) is 37.5 Å². The quantitative estimate of drug-likeness (QED) is 0.803. The molecule has 0 bridgehead atoms. The highest BCUT2D eigenvalue weighted by Gasteiger charge is 2.31. The normalized spacial score (nSPS) is 43.4. The van der Waals surface area contributed by atoms with E-state index in [1.807, 2.05) is 0 Å². The second-order valence-corrected chi connectivity index (χ2v) is 7.96. The van der Waals surface area contributed by atoms with Gasteiger partial charge < -0.3 is 5.32 Å². The fraction of sp³-hybridized carbons (Fsp3) is 1.00. The third-order valence-electron chi connectivity index (χ3n) is 4.30. The van der Waals surface area contributed by atoms with Crippen LogP contribution in [0, 0.1) is 11.8 Å². The van der Waals surface area contributed by atoms with Crippen LogP contribution in [0.25, 0.3) is 0 Å². The third kappa shape index (κ3) is 2.98. The number of hydrogen-bond acceptors (Lipinski definition) is 3. The van der Waals surface area contributed by atoms with Crippen LogP contribution in [0.2, 0.25) is 0 Å². The van der Waals surface area contributed by atoms with E-state index in [4.69, 9.17) is 0 Å². The van der Waals surface area contributed by atoms with Gasteiger partial charge in [0.05, 0.1) is 11.5 Å². The molecule has 1 heterocycles. The second-order valence-electron chi connectivity index (χ2n) is 5.73. The van der Waals surface area contributed by atoms with Crippen molar-refractivity contribution in [3.63, 3.8) is 0 Å². The van der Waals surface area contributed by atoms with Crippen LogP contribution in [0.1, 0.15) is 39.5 Å². The van der Waals surface area contributed by atoms with E-state index in [0.29, 0.717) is 17.5 Å². The van der Waals surface area contributed by atoms with Crippen LogP contribution in [-0.2, 0) is 9.84 Å². The molecule has 1 N–H and O–H groups in total. The lowest BCUT2D eigenvalue weighted by atomic mass is 9.79. The molecule has 94 valence electrons. The molecule has 2 fully saturated rings. The summed E-state index contributed by atoms with van der Waals surface area (Å²) in [6.45, 7) is 4.63. The molecule has 0 aromatic rings. The van der Waals surface area contributed by atoms with Crippen molar-refractivity contribution in [2.24, 2.45) is 11.8 Å². The molecule has 0 amide bonds. The Bertz CT molecular complexity index is 339. The zero-order valence-electron chi connectivity index (χ0n) is 10.3. The molecule has 2 aliphatic rings. The number of nitrogens with one attached hydrogen (secondary N) is 1. The summed E-state index contributed by atoms with van der Waals surface area (Å²) in [6, 6.07) is 0.764. The Labute approximate surface area is 98.9 Å². The average Bonchev–Trinajstić information content (AvgIpc) is 2.52. The van der Waals surface area contributed by atoms with Gasteiger partial charge in [-0.25, -0.2) is 8.42 Å². The van der Waals surface area contributed by atoms with E-state index in [1.54, 1.807) is 0 Å². The molecule has 4 atom stereocenters. The van der Waals surface area contributed by atoms with E-state index in [1.165, 1.54) is 19.3 Å².